The van der Waals surface area contributed by atoms with Crippen LogP contribution in [0.3, 0.4) is 0 Å². The van der Waals surface area contributed by atoms with Crippen LogP contribution < -0.4 is 5.43 Å². The second kappa shape index (κ2) is 9.37. The second-order valence-electron chi connectivity index (χ2n) is 4.57. The first-order valence-electron chi connectivity index (χ1n) is 6.92. The van der Waals surface area contributed by atoms with Crippen LogP contribution in [0.4, 0.5) is 5.69 Å². The van der Waals surface area contributed by atoms with Crippen molar-refractivity contribution >= 4 is 23.3 Å². The number of para-hydroxylation sites is 1. The zero-order chi connectivity index (χ0) is 17.2. The van der Waals surface area contributed by atoms with Gasteiger partial charge in [-0.15, -0.1) is 0 Å². The van der Waals surface area contributed by atoms with Gasteiger partial charge in [-0.05, 0) is 19.1 Å². The summed E-state index contributed by atoms with van der Waals surface area (Å²) in [5, 5.41) is 13.2. The number of methoxy groups -OCH3 is 2. The van der Waals surface area contributed by atoms with E-state index in [1.165, 1.54) is 20.3 Å². The number of ether oxygens (including phenoxy) is 2. The van der Waals surface area contributed by atoms with Crippen molar-refractivity contribution in [3.8, 4) is 0 Å². The molecule has 1 atom stereocenters. The topological polar surface area (TPSA) is 97.2 Å². The number of hydrazone groups is 1. The largest absolute Gasteiger partial charge is 0.465 e. The fraction of sp³-hybridized carbons (Fsp3) is 0.312. The van der Waals surface area contributed by atoms with E-state index in [2.05, 4.69) is 20.0 Å². The summed E-state index contributed by atoms with van der Waals surface area (Å²) < 4.78 is 9.35. The highest BCUT2D eigenvalue weighted by molar-refractivity contribution is 6.36. The molecule has 7 heteroatoms. The highest BCUT2D eigenvalue weighted by atomic mass is 16.5. The number of aliphatic hydroxyl groups is 1. The van der Waals surface area contributed by atoms with Gasteiger partial charge in [0.25, 0.3) is 0 Å². The third-order valence-corrected chi connectivity index (χ3v) is 2.79. The fourth-order valence-electron chi connectivity index (χ4n) is 1.67. The van der Waals surface area contributed by atoms with E-state index in [4.69, 9.17) is 0 Å². The van der Waals surface area contributed by atoms with Crippen molar-refractivity contribution in [1.29, 1.82) is 0 Å². The molecule has 0 heterocycles. The Labute approximate surface area is 134 Å². The monoisotopic (exact) mass is 320 g/mol. The Bertz CT molecular complexity index is 608. The number of aliphatic hydroxyl groups excluding tert-OH is 1. The van der Waals surface area contributed by atoms with Gasteiger partial charge in [0.05, 0.1) is 31.6 Å². The highest BCUT2D eigenvalue weighted by Crippen LogP contribution is 2.16. The summed E-state index contributed by atoms with van der Waals surface area (Å²) in [6.07, 6.45) is 2.68. The molecule has 0 saturated carbocycles. The standard InChI is InChI=1S/C16H20N2O5/c1-11(19)7-6-10-14(16(21)23-3)18-17-13-9-5-4-8-12(13)15(20)22-2/h4-9,11,17,19H,10H2,1-3H3/b7-6+,18-14+. The molecule has 0 aromatic heterocycles. The van der Waals surface area contributed by atoms with E-state index in [1.54, 1.807) is 37.3 Å². The summed E-state index contributed by atoms with van der Waals surface area (Å²) >= 11 is 0. The number of benzene rings is 1. The van der Waals surface area contributed by atoms with Crippen LogP contribution in [0.5, 0.6) is 0 Å². The molecule has 0 fully saturated rings. The Hall–Kier alpha value is -2.67. The Balaban J connectivity index is 2.97. The minimum atomic E-state index is -0.623. The number of nitrogens with zero attached hydrogens (tertiary/aromatic N) is 1. The van der Waals surface area contributed by atoms with Crippen LogP contribution in [0.1, 0.15) is 23.7 Å². The Morgan fingerprint density at radius 2 is 2.00 bits per heavy atom. The van der Waals surface area contributed by atoms with Gasteiger partial charge in [-0.1, -0.05) is 24.3 Å². The Morgan fingerprint density at radius 1 is 1.30 bits per heavy atom. The molecule has 0 amide bonds. The van der Waals surface area contributed by atoms with Gasteiger partial charge in [0, 0.05) is 6.42 Å². The van der Waals surface area contributed by atoms with Gasteiger partial charge in [-0.25, -0.2) is 9.59 Å². The molecule has 2 N–H and O–H groups in total. The predicted molar refractivity (Wildman–Crippen MR) is 86.3 cm³/mol. The molecule has 0 aliphatic heterocycles. The lowest BCUT2D eigenvalue weighted by atomic mass is 10.2. The number of carbonyl (C=O) groups is 2. The van der Waals surface area contributed by atoms with E-state index < -0.39 is 18.0 Å². The lowest BCUT2D eigenvalue weighted by Crippen LogP contribution is -2.17. The number of hydrogen-bond acceptors (Lipinski definition) is 7. The molecule has 0 aliphatic rings. The molecule has 0 aliphatic carbocycles. The van der Waals surface area contributed by atoms with Gasteiger partial charge in [-0.2, -0.15) is 5.10 Å². The number of carbonyl (C=O) groups excluding carboxylic acids is 2. The van der Waals surface area contributed by atoms with E-state index in [0.717, 1.165) is 0 Å². The van der Waals surface area contributed by atoms with Crippen LogP contribution in [0, 0.1) is 0 Å². The first-order chi connectivity index (χ1) is 11.0. The molecule has 1 aromatic carbocycles. The van der Waals surface area contributed by atoms with E-state index in [1.807, 2.05) is 0 Å². The van der Waals surface area contributed by atoms with Gasteiger partial charge in [-0.3, -0.25) is 5.43 Å². The van der Waals surface area contributed by atoms with Crippen molar-refractivity contribution in [3.63, 3.8) is 0 Å². The molecule has 0 bridgehead atoms. The zero-order valence-electron chi connectivity index (χ0n) is 13.3. The normalized spacial score (nSPS) is 12.8. The summed E-state index contributed by atoms with van der Waals surface area (Å²) in [5.74, 6) is -1.12. The molecule has 1 unspecified atom stereocenters. The fourth-order valence-corrected chi connectivity index (χ4v) is 1.67. The van der Waals surface area contributed by atoms with Gasteiger partial charge in [0.1, 0.15) is 5.71 Å². The lowest BCUT2D eigenvalue weighted by molar-refractivity contribution is -0.132. The third kappa shape index (κ3) is 5.91. The molecule has 124 valence electrons. The van der Waals surface area contributed by atoms with Gasteiger partial charge in [0.15, 0.2) is 0 Å². The van der Waals surface area contributed by atoms with E-state index >= 15 is 0 Å². The average molecular weight is 320 g/mol. The number of hydrogen-bond donors (Lipinski definition) is 2. The maximum Gasteiger partial charge on any atom is 0.354 e. The summed E-state index contributed by atoms with van der Waals surface area (Å²) in [6, 6.07) is 6.62. The van der Waals surface area contributed by atoms with Crippen LogP contribution in [-0.2, 0) is 14.3 Å². The van der Waals surface area contributed by atoms with E-state index in [-0.39, 0.29) is 12.1 Å². The first-order valence-corrected chi connectivity index (χ1v) is 6.92. The number of esters is 2. The minimum Gasteiger partial charge on any atom is -0.465 e. The van der Waals surface area contributed by atoms with Gasteiger partial charge >= 0.3 is 11.9 Å². The maximum atomic E-state index is 11.7. The van der Waals surface area contributed by atoms with Crippen molar-refractivity contribution in [1.82, 2.24) is 0 Å². The molecule has 1 aromatic rings. The summed E-state index contributed by atoms with van der Waals surface area (Å²) in [4.78, 5) is 23.4. The van der Waals surface area contributed by atoms with E-state index in [9.17, 15) is 14.7 Å². The smallest absolute Gasteiger partial charge is 0.354 e. The van der Waals surface area contributed by atoms with Crippen LogP contribution in [0.15, 0.2) is 41.5 Å². The maximum absolute atomic E-state index is 11.7. The molecule has 0 radical (unpaired) electrons. The SMILES string of the molecule is COC(=O)/C(C/C=C/C(C)O)=N/Nc1ccccc1C(=O)OC. The van der Waals surface area contributed by atoms with Gasteiger partial charge in [0.2, 0.25) is 0 Å². The second-order valence-corrected chi connectivity index (χ2v) is 4.57. The molecule has 23 heavy (non-hydrogen) atoms. The highest BCUT2D eigenvalue weighted by Gasteiger charge is 2.13. The number of nitrogens with one attached hydrogen (secondary N) is 1. The van der Waals surface area contributed by atoms with Crippen molar-refractivity contribution in [2.75, 3.05) is 19.6 Å². The van der Waals surface area contributed by atoms with Crippen LogP contribution in [-0.4, -0.2) is 43.1 Å². The minimum absolute atomic E-state index is 0.101. The predicted octanol–water partition coefficient (Wildman–Crippen LogP) is 1.74. The summed E-state index contributed by atoms with van der Waals surface area (Å²) in [7, 11) is 2.53. The summed E-state index contributed by atoms with van der Waals surface area (Å²) in [6.45, 7) is 1.59. The molecular weight excluding hydrogens is 300 g/mol. The molecular formula is C16H20N2O5. The lowest BCUT2D eigenvalue weighted by Gasteiger charge is -2.08. The van der Waals surface area contributed by atoms with Crippen molar-refractivity contribution in [2.24, 2.45) is 5.10 Å². The third-order valence-electron chi connectivity index (χ3n) is 2.79. The van der Waals surface area contributed by atoms with Crippen LogP contribution >= 0.6 is 0 Å². The van der Waals surface area contributed by atoms with Crippen LogP contribution in [0.25, 0.3) is 0 Å². The number of anilines is 1. The number of allylic oxidation sites excluding steroid dienone is 1. The van der Waals surface area contributed by atoms with Crippen molar-refractivity contribution in [2.45, 2.75) is 19.4 Å². The van der Waals surface area contributed by atoms with Crippen molar-refractivity contribution < 1.29 is 24.2 Å². The first kappa shape index (κ1) is 18.4. The quantitative estimate of drug-likeness (QED) is 0.344. The number of rotatable bonds is 7. The van der Waals surface area contributed by atoms with Crippen LogP contribution in [0.2, 0.25) is 0 Å². The molecule has 0 saturated heterocycles. The zero-order valence-corrected chi connectivity index (χ0v) is 13.3. The molecule has 1 rings (SSSR count). The average Bonchev–Trinajstić information content (AvgIpc) is 2.56. The Kier molecular flexibility index (Phi) is 7.49. The van der Waals surface area contributed by atoms with Gasteiger partial charge < -0.3 is 14.6 Å². The van der Waals surface area contributed by atoms with E-state index in [0.29, 0.717) is 11.3 Å². The molecule has 7 nitrogen and oxygen atoms in total. The summed E-state index contributed by atoms with van der Waals surface area (Å²) in [5.41, 5.74) is 3.47. The van der Waals surface area contributed by atoms with Crippen molar-refractivity contribution in [3.05, 3.63) is 42.0 Å². The Morgan fingerprint density at radius 3 is 2.61 bits per heavy atom. The molecule has 0 spiro atoms.